The number of phenols is 1. The fourth-order valence-corrected chi connectivity index (χ4v) is 4.95. The quantitative estimate of drug-likeness (QED) is 0.422. The summed E-state index contributed by atoms with van der Waals surface area (Å²) >= 11 is 16.7. The van der Waals surface area contributed by atoms with E-state index in [1.165, 1.54) is 13.2 Å². The van der Waals surface area contributed by atoms with Gasteiger partial charge in [-0.1, -0.05) is 40.7 Å². The van der Waals surface area contributed by atoms with Crippen LogP contribution in [0.3, 0.4) is 0 Å². The number of halogens is 3. The van der Waals surface area contributed by atoms with Crippen LogP contribution in [0.15, 0.2) is 42.5 Å². The van der Waals surface area contributed by atoms with Gasteiger partial charge in [-0.2, -0.15) is 0 Å². The van der Waals surface area contributed by atoms with Crippen LogP contribution in [0.2, 0.25) is 0 Å². The van der Waals surface area contributed by atoms with E-state index in [9.17, 15) is 14.7 Å². The Bertz CT molecular complexity index is 842. The molecular formula is C18H16BrCl2NO4. The van der Waals surface area contributed by atoms with Gasteiger partial charge in [-0.05, 0) is 18.1 Å². The molecule has 3 rings (SSSR count). The van der Waals surface area contributed by atoms with Crippen LogP contribution in [0.4, 0.5) is 0 Å². The molecule has 2 aliphatic rings. The lowest BCUT2D eigenvalue weighted by molar-refractivity contribution is -0.138. The number of aromatic hydroxyl groups is 1. The summed E-state index contributed by atoms with van der Waals surface area (Å²) in [4.78, 5) is 23.4. The molecule has 1 fully saturated rings. The van der Waals surface area contributed by atoms with Crippen molar-refractivity contribution in [1.29, 1.82) is 0 Å². The fraction of sp³-hybridized carbons (Fsp3) is 0.333. The molecule has 1 saturated heterocycles. The second-order valence-corrected chi connectivity index (χ2v) is 7.88. The molecule has 1 aromatic carbocycles. The van der Waals surface area contributed by atoms with Gasteiger partial charge >= 0.3 is 0 Å². The van der Waals surface area contributed by atoms with Crippen molar-refractivity contribution in [3.8, 4) is 11.5 Å². The smallest absolute Gasteiger partial charge is 0.254 e. The normalized spacial score (nSPS) is 30.8. The van der Waals surface area contributed by atoms with Gasteiger partial charge < -0.3 is 9.84 Å². The summed E-state index contributed by atoms with van der Waals surface area (Å²) in [5.41, 5.74) is 0.974. The number of hydrogen-bond acceptors (Lipinski definition) is 4. The summed E-state index contributed by atoms with van der Waals surface area (Å²) < 4.78 is 5.11. The number of hydrogen-bond donors (Lipinski definition) is 1. The molecule has 2 amide bonds. The molecule has 1 aliphatic carbocycles. The number of imide groups is 1. The summed E-state index contributed by atoms with van der Waals surface area (Å²) in [6.07, 6.45) is 3.38. The van der Waals surface area contributed by atoms with E-state index in [0.717, 1.165) is 4.90 Å². The first kappa shape index (κ1) is 19.3. The molecule has 0 aromatic heterocycles. The van der Waals surface area contributed by atoms with E-state index in [1.807, 2.05) is 0 Å². The molecule has 1 N–H and O–H groups in total. The summed E-state index contributed by atoms with van der Waals surface area (Å²) in [6, 6.07) is 4.67. The van der Waals surface area contributed by atoms with Crippen molar-refractivity contribution >= 4 is 50.9 Å². The Morgan fingerprint density at radius 1 is 1.42 bits per heavy atom. The summed E-state index contributed by atoms with van der Waals surface area (Å²) in [5, 5.41) is 10.5. The highest BCUT2D eigenvalue weighted by Crippen LogP contribution is 2.60. The molecule has 0 spiro atoms. The molecule has 1 aliphatic heterocycles. The molecule has 1 aromatic rings. The Labute approximate surface area is 169 Å². The Balaban J connectivity index is 2.26. The molecule has 0 bridgehead atoms. The van der Waals surface area contributed by atoms with Gasteiger partial charge in [-0.15, -0.1) is 23.2 Å². The van der Waals surface area contributed by atoms with Gasteiger partial charge in [-0.25, -0.2) is 0 Å². The highest BCUT2D eigenvalue weighted by molar-refractivity contribution is 9.09. The first-order chi connectivity index (χ1) is 12.3. The predicted molar refractivity (Wildman–Crippen MR) is 103 cm³/mol. The van der Waals surface area contributed by atoms with Gasteiger partial charge in [-0.3, -0.25) is 14.5 Å². The molecular weight excluding hydrogens is 445 g/mol. The first-order valence-corrected chi connectivity index (χ1v) is 9.63. The minimum absolute atomic E-state index is 0.0155. The Morgan fingerprint density at radius 2 is 2.12 bits per heavy atom. The van der Waals surface area contributed by atoms with Gasteiger partial charge in [0.05, 0.1) is 12.6 Å². The molecule has 8 heteroatoms. The average molecular weight is 461 g/mol. The lowest BCUT2D eigenvalue weighted by Crippen LogP contribution is -2.54. The summed E-state index contributed by atoms with van der Waals surface area (Å²) in [5.74, 6) is -1.68. The summed E-state index contributed by atoms with van der Waals surface area (Å²) in [7, 11) is 1.48. The van der Waals surface area contributed by atoms with E-state index in [2.05, 4.69) is 22.5 Å². The zero-order chi connectivity index (χ0) is 19.3. The van der Waals surface area contributed by atoms with Gasteiger partial charge in [0, 0.05) is 17.5 Å². The van der Waals surface area contributed by atoms with E-state index < -0.39 is 27.5 Å². The first-order valence-electron chi connectivity index (χ1n) is 7.75. The van der Waals surface area contributed by atoms with E-state index in [4.69, 9.17) is 27.9 Å². The van der Waals surface area contributed by atoms with Gasteiger partial charge in [0.15, 0.2) is 9.75 Å². The number of rotatable bonds is 4. The number of nitrogens with zero attached hydrogens (tertiary/aromatic N) is 1. The number of phenolic OH excluding ortho intramolecular Hbond substituents is 1. The zero-order valence-corrected chi connectivity index (χ0v) is 16.9. The number of carbonyl (C=O) groups excluding carboxylic acids is 2. The van der Waals surface area contributed by atoms with Crippen LogP contribution in [-0.4, -0.2) is 44.1 Å². The Morgan fingerprint density at radius 3 is 2.65 bits per heavy atom. The van der Waals surface area contributed by atoms with Crippen LogP contribution < -0.4 is 4.74 Å². The highest BCUT2D eigenvalue weighted by atomic mass is 79.9. The second-order valence-electron chi connectivity index (χ2n) is 6.14. The van der Waals surface area contributed by atoms with Crippen molar-refractivity contribution in [1.82, 2.24) is 4.90 Å². The number of alkyl halides is 3. The van der Waals surface area contributed by atoms with Gasteiger partial charge in [0.2, 0.25) is 0 Å². The van der Waals surface area contributed by atoms with Crippen LogP contribution in [0.5, 0.6) is 11.5 Å². The van der Waals surface area contributed by atoms with Crippen molar-refractivity contribution in [3.63, 3.8) is 0 Å². The second kappa shape index (κ2) is 6.59. The highest BCUT2D eigenvalue weighted by Gasteiger charge is 2.72. The van der Waals surface area contributed by atoms with Crippen molar-refractivity contribution in [2.45, 2.75) is 22.1 Å². The standard InChI is InChI=1S/C18H16BrCl2NO4/c1-3-10-6-7-17(20)15(24)22(9-19)16(25)18(17,21)14(10)12-5-4-11(26-2)8-13(12)23/h3-6,8,14,23H,1,7,9H2,2H3. The van der Waals surface area contributed by atoms with Gasteiger partial charge in [0.25, 0.3) is 11.8 Å². The molecule has 1 heterocycles. The minimum atomic E-state index is -1.79. The molecule has 3 unspecified atom stereocenters. The lowest BCUT2D eigenvalue weighted by atomic mass is 9.68. The molecule has 5 nitrogen and oxygen atoms in total. The molecule has 0 saturated carbocycles. The number of ether oxygens (including phenoxy) is 1. The van der Waals surface area contributed by atoms with E-state index >= 15 is 0 Å². The number of carbonyl (C=O) groups is 2. The number of allylic oxidation sites excluding steroid dienone is 3. The molecule has 138 valence electrons. The Kier molecular flexibility index (Phi) is 4.88. The SMILES string of the molecule is C=CC1=CCC2(Cl)C(=O)N(CBr)C(=O)C2(Cl)C1c1ccc(OC)cc1O. The predicted octanol–water partition coefficient (Wildman–Crippen LogP) is 3.68. The van der Waals surface area contributed by atoms with Crippen LogP contribution >= 0.6 is 39.1 Å². The van der Waals surface area contributed by atoms with Crippen LogP contribution in [0.1, 0.15) is 17.9 Å². The Hall–Kier alpha value is -1.50. The monoisotopic (exact) mass is 459 g/mol. The van der Waals surface area contributed by atoms with E-state index in [-0.39, 0.29) is 17.6 Å². The van der Waals surface area contributed by atoms with Gasteiger partial charge in [0.1, 0.15) is 11.5 Å². The summed E-state index contributed by atoms with van der Waals surface area (Å²) in [6.45, 7) is 3.78. The average Bonchev–Trinajstić information content (AvgIpc) is 2.78. The molecule has 3 atom stereocenters. The minimum Gasteiger partial charge on any atom is -0.508 e. The lowest BCUT2D eigenvalue weighted by Gasteiger charge is -2.42. The third-order valence-corrected chi connectivity index (χ3v) is 6.89. The van der Waals surface area contributed by atoms with Crippen molar-refractivity contribution in [3.05, 3.63) is 48.1 Å². The van der Waals surface area contributed by atoms with E-state index in [0.29, 0.717) is 16.9 Å². The fourth-order valence-electron chi connectivity index (χ4n) is 3.62. The van der Waals surface area contributed by atoms with Crippen LogP contribution in [-0.2, 0) is 9.59 Å². The zero-order valence-electron chi connectivity index (χ0n) is 13.8. The number of amides is 2. The van der Waals surface area contributed by atoms with E-state index in [1.54, 1.807) is 24.3 Å². The maximum atomic E-state index is 13.1. The molecule has 26 heavy (non-hydrogen) atoms. The third kappa shape index (κ3) is 2.35. The van der Waals surface area contributed by atoms with Crippen molar-refractivity contribution in [2.75, 3.05) is 12.6 Å². The number of likely N-dealkylation sites (tertiary alicyclic amines) is 1. The number of benzene rings is 1. The maximum Gasteiger partial charge on any atom is 0.254 e. The van der Waals surface area contributed by atoms with Crippen molar-refractivity contribution < 1.29 is 19.4 Å². The van der Waals surface area contributed by atoms with Crippen LogP contribution in [0.25, 0.3) is 0 Å². The maximum absolute atomic E-state index is 13.1. The largest absolute Gasteiger partial charge is 0.508 e. The molecule has 0 radical (unpaired) electrons. The topological polar surface area (TPSA) is 66.8 Å². The third-order valence-electron chi connectivity index (χ3n) is 4.97. The van der Waals surface area contributed by atoms with Crippen molar-refractivity contribution in [2.24, 2.45) is 0 Å². The number of fused-ring (bicyclic) bond motifs is 1. The number of methoxy groups -OCH3 is 1. The van der Waals surface area contributed by atoms with Crippen LogP contribution in [0, 0.1) is 0 Å².